The van der Waals surface area contributed by atoms with E-state index in [0.717, 1.165) is 29.9 Å². The lowest BCUT2D eigenvalue weighted by Crippen LogP contribution is -2.49. The van der Waals surface area contributed by atoms with Gasteiger partial charge in [0.1, 0.15) is 5.69 Å². The van der Waals surface area contributed by atoms with Gasteiger partial charge in [0.15, 0.2) is 0 Å². The Morgan fingerprint density at radius 1 is 0.853 bits per heavy atom. The van der Waals surface area contributed by atoms with Gasteiger partial charge in [0, 0.05) is 37.4 Å². The van der Waals surface area contributed by atoms with Crippen molar-refractivity contribution < 1.29 is 4.79 Å². The van der Waals surface area contributed by atoms with E-state index in [0.29, 0.717) is 29.5 Å². The number of carbonyl (C=O) groups is 1. The maximum absolute atomic E-state index is 13.7. The lowest BCUT2D eigenvalue weighted by molar-refractivity contribution is 0.0737. The molecule has 0 unspecified atom stereocenters. The van der Waals surface area contributed by atoms with Crippen molar-refractivity contribution in [1.82, 2.24) is 14.7 Å². The number of carbonyl (C=O) groups excluding carboxylic acids is 1. The van der Waals surface area contributed by atoms with Crippen molar-refractivity contribution in [2.24, 2.45) is 0 Å². The molecule has 0 spiro atoms. The Hall–Kier alpha value is -3.57. The summed E-state index contributed by atoms with van der Waals surface area (Å²) in [4.78, 5) is 18.0. The molecule has 3 aromatic carbocycles. The highest BCUT2D eigenvalue weighted by Gasteiger charge is 2.27. The molecular formula is C28H27ClN4O. The third-order valence-corrected chi connectivity index (χ3v) is 6.68. The number of rotatable bonds is 4. The van der Waals surface area contributed by atoms with E-state index < -0.39 is 0 Å². The molecule has 172 valence electrons. The fraction of sp³-hybridized carbons (Fsp3) is 0.214. The van der Waals surface area contributed by atoms with Gasteiger partial charge in [0.2, 0.25) is 0 Å². The number of hydrogen-bond acceptors (Lipinski definition) is 3. The van der Waals surface area contributed by atoms with Crippen LogP contribution in [0.2, 0.25) is 5.02 Å². The summed E-state index contributed by atoms with van der Waals surface area (Å²) in [5.74, 6) is -0.0169. The van der Waals surface area contributed by atoms with Crippen LogP contribution in [0.25, 0.3) is 16.9 Å². The summed E-state index contributed by atoms with van der Waals surface area (Å²) in [6.07, 6.45) is 0. The molecule has 2 heterocycles. The smallest absolute Gasteiger partial charge is 0.272 e. The van der Waals surface area contributed by atoms with Crippen LogP contribution in [0.1, 0.15) is 21.6 Å². The zero-order valence-electron chi connectivity index (χ0n) is 19.4. The molecule has 0 radical (unpaired) electrons. The van der Waals surface area contributed by atoms with Gasteiger partial charge in [0.05, 0.1) is 16.4 Å². The fourth-order valence-corrected chi connectivity index (χ4v) is 4.75. The SMILES string of the molecule is Cc1cccc(-n2nc(-c3ccccc3Cl)cc2C(=O)N2CCN(c3ccccc3C)CC2)c1. The predicted octanol–water partition coefficient (Wildman–Crippen LogP) is 5.77. The Balaban J connectivity index is 1.46. The summed E-state index contributed by atoms with van der Waals surface area (Å²) < 4.78 is 1.75. The largest absolute Gasteiger partial charge is 0.368 e. The van der Waals surface area contributed by atoms with Gasteiger partial charge in [-0.15, -0.1) is 0 Å². The molecule has 1 fully saturated rings. The Kier molecular flexibility index (Phi) is 6.12. The van der Waals surface area contributed by atoms with Crippen LogP contribution in [-0.4, -0.2) is 46.8 Å². The summed E-state index contributed by atoms with van der Waals surface area (Å²) in [5, 5.41) is 5.43. The normalized spacial score (nSPS) is 13.9. The quantitative estimate of drug-likeness (QED) is 0.380. The molecule has 0 aliphatic carbocycles. The number of halogens is 1. The van der Waals surface area contributed by atoms with Crippen LogP contribution in [0.15, 0.2) is 78.9 Å². The number of piperazine rings is 1. The van der Waals surface area contributed by atoms with Crippen LogP contribution in [0.4, 0.5) is 5.69 Å². The Morgan fingerprint density at radius 2 is 1.59 bits per heavy atom. The third kappa shape index (κ3) is 4.31. The highest BCUT2D eigenvalue weighted by molar-refractivity contribution is 6.33. The molecule has 1 aromatic heterocycles. The molecule has 4 aromatic rings. The topological polar surface area (TPSA) is 41.4 Å². The first kappa shape index (κ1) is 22.2. The van der Waals surface area contributed by atoms with Crippen LogP contribution in [0, 0.1) is 13.8 Å². The van der Waals surface area contributed by atoms with Crippen molar-refractivity contribution in [3.05, 3.63) is 101 Å². The minimum atomic E-state index is -0.0169. The molecule has 1 saturated heterocycles. The number of para-hydroxylation sites is 1. The van der Waals surface area contributed by atoms with Gasteiger partial charge < -0.3 is 9.80 Å². The second-order valence-electron chi connectivity index (χ2n) is 8.71. The maximum Gasteiger partial charge on any atom is 0.272 e. The summed E-state index contributed by atoms with van der Waals surface area (Å²) in [5.41, 5.74) is 6.51. The van der Waals surface area contributed by atoms with E-state index in [-0.39, 0.29) is 5.91 Å². The van der Waals surface area contributed by atoms with Gasteiger partial charge in [-0.2, -0.15) is 5.10 Å². The second kappa shape index (κ2) is 9.35. The first-order valence-corrected chi connectivity index (χ1v) is 11.9. The molecule has 5 rings (SSSR count). The fourth-order valence-electron chi connectivity index (χ4n) is 4.52. The van der Waals surface area contributed by atoms with E-state index in [9.17, 15) is 4.79 Å². The first-order chi connectivity index (χ1) is 16.5. The Labute approximate surface area is 205 Å². The van der Waals surface area contributed by atoms with E-state index in [1.807, 2.05) is 66.4 Å². The standard InChI is InChI=1S/C28H27ClN4O/c1-20-8-7-10-22(18-20)33-27(19-25(30-33)23-11-4-5-12-24(23)29)28(34)32-16-14-31(15-17-32)26-13-6-3-9-21(26)2/h3-13,18-19H,14-17H2,1-2H3. The number of benzene rings is 3. The van der Waals surface area contributed by atoms with E-state index >= 15 is 0 Å². The predicted molar refractivity (Wildman–Crippen MR) is 138 cm³/mol. The van der Waals surface area contributed by atoms with Gasteiger partial charge in [-0.05, 0) is 55.3 Å². The van der Waals surface area contributed by atoms with Crippen LogP contribution in [-0.2, 0) is 0 Å². The monoisotopic (exact) mass is 470 g/mol. The molecule has 0 bridgehead atoms. The molecule has 1 amide bonds. The van der Waals surface area contributed by atoms with E-state index in [1.165, 1.54) is 11.3 Å². The van der Waals surface area contributed by atoms with Crippen molar-refractivity contribution in [1.29, 1.82) is 0 Å². The molecular weight excluding hydrogens is 444 g/mol. The van der Waals surface area contributed by atoms with Crippen LogP contribution in [0.5, 0.6) is 0 Å². The average Bonchev–Trinajstić information content (AvgIpc) is 3.30. The minimum Gasteiger partial charge on any atom is -0.368 e. The maximum atomic E-state index is 13.7. The highest BCUT2D eigenvalue weighted by atomic mass is 35.5. The molecule has 0 N–H and O–H groups in total. The van der Waals surface area contributed by atoms with Crippen molar-refractivity contribution >= 4 is 23.2 Å². The second-order valence-corrected chi connectivity index (χ2v) is 9.12. The van der Waals surface area contributed by atoms with E-state index in [2.05, 4.69) is 36.1 Å². The Morgan fingerprint density at radius 3 is 2.32 bits per heavy atom. The summed E-state index contributed by atoms with van der Waals surface area (Å²) >= 11 is 6.46. The van der Waals surface area contributed by atoms with Crippen molar-refractivity contribution in [2.75, 3.05) is 31.1 Å². The molecule has 0 saturated carbocycles. The highest BCUT2D eigenvalue weighted by Crippen LogP contribution is 2.29. The first-order valence-electron chi connectivity index (χ1n) is 11.5. The van der Waals surface area contributed by atoms with Gasteiger partial charge in [0.25, 0.3) is 5.91 Å². The summed E-state index contributed by atoms with van der Waals surface area (Å²) in [7, 11) is 0. The molecule has 1 aliphatic heterocycles. The zero-order chi connectivity index (χ0) is 23.7. The number of anilines is 1. The van der Waals surface area contributed by atoms with Crippen LogP contribution < -0.4 is 4.90 Å². The van der Waals surface area contributed by atoms with Gasteiger partial charge >= 0.3 is 0 Å². The third-order valence-electron chi connectivity index (χ3n) is 6.35. The van der Waals surface area contributed by atoms with Gasteiger partial charge in [-0.3, -0.25) is 4.79 Å². The number of aromatic nitrogens is 2. The van der Waals surface area contributed by atoms with Crippen LogP contribution in [0.3, 0.4) is 0 Å². The Bertz CT molecular complexity index is 1340. The van der Waals surface area contributed by atoms with Gasteiger partial charge in [-0.25, -0.2) is 4.68 Å². The molecule has 6 heteroatoms. The molecule has 0 atom stereocenters. The lowest BCUT2D eigenvalue weighted by atomic mass is 10.1. The molecule has 1 aliphatic rings. The van der Waals surface area contributed by atoms with E-state index in [1.54, 1.807) is 4.68 Å². The number of hydrogen-bond donors (Lipinski definition) is 0. The van der Waals surface area contributed by atoms with Crippen molar-refractivity contribution in [3.63, 3.8) is 0 Å². The summed E-state index contributed by atoms with van der Waals surface area (Å²) in [6, 6.07) is 25.9. The molecule has 34 heavy (non-hydrogen) atoms. The number of nitrogens with zero attached hydrogens (tertiary/aromatic N) is 4. The van der Waals surface area contributed by atoms with Crippen LogP contribution >= 0.6 is 11.6 Å². The average molecular weight is 471 g/mol. The number of aryl methyl sites for hydroxylation is 2. The van der Waals surface area contributed by atoms with E-state index in [4.69, 9.17) is 16.7 Å². The minimum absolute atomic E-state index is 0.0169. The van der Waals surface area contributed by atoms with Crippen molar-refractivity contribution in [3.8, 4) is 16.9 Å². The van der Waals surface area contributed by atoms with Gasteiger partial charge in [-0.1, -0.05) is 60.1 Å². The summed E-state index contributed by atoms with van der Waals surface area (Å²) in [6.45, 7) is 7.08. The lowest BCUT2D eigenvalue weighted by Gasteiger charge is -2.36. The van der Waals surface area contributed by atoms with Crippen molar-refractivity contribution in [2.45, 2.75) is 13.8 Å². The zero-order valence-corrected chi connectivity index (χ0v) is 20.2. The molecule has 5 nitrogen and oxygen atoms in total. The number of amides is 1.